The molecule has 0 bridgehead atoms. The van der Waals surface area contributed by atoms with E-state index in [1.807, 2.05) is 54.6 Å². The van der Waals surface area contributed by atoms with Gasteiger partial charge in [0.25, 0.3) is 0 Å². The maximum absolute atomic E-state index is 12.5. The molecule has 0 fully saturated rings. The second-order valence-corrected chi connectivity index (χ2v) is 4.75. The Balaban J connectivity index is 2.13. The maximum atomic E-state index is 12.5. The molecule has 2 rings (SSSR count). The third-order valence-electron chi connectivity index (χ3n) is 3.17. The van der Waals surface area contributed by atoms with Crippen molar-refractivity contribution in [2.45, 2.75) is 26.2 Å². The summed E-state index contributed by atoms with van der Waals surface area (Å²) >= 11 is 0. The topological polar surface area (TPSA) is 26.3 Å². The van der Waals surface area contributed by atoms with Crippen LogP contribution in [0.4, 0.5) is 0 Å². The molecule has 0 atom stereocenters. The molecular formula is C18H20O2. The number of hydrogen-bond donors (Lipinski definition) is 0. The largest absolute Gasteiger partial charge is 0.493 e. The molecule has 0 aromatic heterocycles. The van der Waals surface area contributed by atoms with E-state index in [9.17, 15) is 4.79 Å². The van der Waals surface area contributed by atoms with Gasteiger partial charge in [0.15, 0.2) is 5.78 Å². The average molecular weight is 268 g/mol. The summed E-state index contributed by atoms with van der Waals surface area (Å²) in [6.45, 7) is 2.82. The van der Waals surface area contributed by atoms with Gasteiger partial charge < -0.3 is 4.74 Å². The quantitative estimate of drug-likeness (QED) is 0.546. The number of ketones is 1. The second kappa shape index (κ2) is 7.49. The molecule has 0 aliphatic carbocycles. The fraction of sp³-hybridized carbons (Fsp3) is 0.278. The minimum absolute atomic E-state index is 0.0108. The van der Waals surface area contributed by atoms with Crippen LogP contribution in [0.5, 0.6) is 5.75 Å². The molecule has 2 heteroatoms. The van der Waals surface area contributed by atoms with Crippen molar-refractivity contribution in [3.63, 3.8) is 0 Å². The van der Waals surface area contributed by atoms with E-state index >= 15 is 0 Å². The van der Waals surface area contributed by atoms with Crippen LogP contribution in [0.2, 0.25) is 0 Å². The number of unbranched alkanes of at least 4 members (excludes halogenated alkanes) is 2. The van der Waals surface area contributed by atoms with E-state index in [0.717, 1.165) is 19.3 Å². The fourth-order valence-electron chi connectivity index (χ4n) is 2.06. The summed E-state index contributed by atoms with van der Waals surface area (Å²) in [7, 11) is 0. The van der Waals surface area contributed by atoms with Crippen molar-refractivity contribution in [1.82, 2.24) is 0 Å². The van der Waals surface area contributed by atoms with Crippen molar-refractivity contribution in [1.29, 1.82) is 0 Å². The number of para-hydroxylation sites is 1. The lowest BCUT2D eigenvalue weighted by molar-refractivity contribution is 0.103. The van der Waals surface area contributed by atoms with Crippen LogP contribution < -0.4 is 4.74 Å². The normalized spacial score (nSPS) is 10.2. The monoisotopic (exact) mass is 268 g/mol. The minimum atomic E-state index is 0.0108. The second-order valence-electron chi connectivity index (χ2n) is 4.75. The first-order valence-electron chi connectivity index (χ1n) is 7.14. The number of carbonyl (C=O) groups is 1. The average Bonchev–Trinajstić information content (AvgIpc) is 2.52. The Hall–Kier alpha value is -2.09. The lowest BCUT2D eigenvalue weighted by Gasteiger charge is -2.10. The van der Waals surface area contributed by atoms with Crippen LogP contribution in [-0.4, -0.2) is 12.4 Å². The molecule has 0 aliphatic heterocycles. The molecule has 0 radical (unpaired) electrons. The van der Waals surface area contributed by atoms with Gasteiger partial charge in [-0.05, 0) is 18.6 Å². The Morgan fingerprint density at radius 3 is 2.40 bits per heavy atom. The van der Waals surface area contributed by atoms with Gasteiger partial charge in [0.2, 0.25) is 0 Å². The summed E-state index contributed by atoms with van der Waals surface area (Å²) in [5.41, 5.74) is 1.33. The number of ether oxygens (including phenoxy) is 1. The smallest absolute Gasteiger partial charge is 0.196 e. The molecule has 0 N–H and O–H groups in total. The lowest BCUT2D eigenvalue weighted by Crippen LogP contribution is -2.06. The zero-order valence-corrected chi connectivity index (χ0v) is 11.8. The van der Waals surface area contributed by atoms with Crippen LogP contribution in [0, 0.1) is 0 Å². The van der Waals surface area contributed by atoms with E-state index in [0.29, 0.717) is 23.5 Å². The zero-order chi connectivity index (χ0) is 14.2. The highest BCUT2D eigenvalue weighted by molar-refractivity contribution is 6.10. The fourth-order valence-corrected chi connectivity index (χ4v) is 2.06. The van der Waals surface area contributed by atoms with Gasteiger partial charge in [-0.25, -0.2) is 0 Å². The van der Waals surface area contributed by atoms with Crippen molar-refractivity contribution in [3.05, 3.63) is 65.7 Å². The molecule has 0 unspecified atom stereocenters. The predicted octanol–water partition coefficient (Wildman–Crippen LogP) is 4.49. The van der Waals surface area contributed by atoms with Crippen molar-refractivity contribution in [2.24, 2.45) is 0 Å². The molecule has 0 heterocycles. The van der Waals surface area contributed by atoms with Gasteiger partial charge in [-0.1, -0.05) is 62.2 Å². The van der Waals surface area contributed by atoms with Crippen LogP contribution >= 0.6 is 0 Å². The van der Waals surface area contributed by atoms with Crippen molar-refractivity contribution >= 4 is 5.78 Å². The molecule has 20 heavy (non-hydrogen) atoms. The van der Waals surface area contributed by atoms with Crippen LogP contribution in [0.1, 0.15) is 42.1 Å². The van der Waals surface area contributed by atoms with E-state index in [2.05, 4.69) is 6.92 Å². The Morgan fingerprint density at radius 1 is 0.950 bits per heavy atom. The van der Waals surface area contributed by atoms with Gasteiger partial charge in [0, 0.05) is 5.56 Å². The first-order valence-corrected chi connectivity index (χ1v) is 7.14. The number of carbonyl (C=O) groups excluding carboxylic acids is 1. The molecule has 0 saturated carbocycles. The van der Waals surface area contributed by atoms with E-state index < -0.39 is 0 Å². The Labute approximate surface area is 120 Å². The molecule has 104 valence electrons. The van der Waals surface area contributed by atoms with Gasteiger partial charge in [0.05, 0.1) is 12.2 Å². The summed E-state index contributed by atoms with van der Waals surface area (Å²) in [4.78, 5) is 12.5. The van der Waals surface area contributed by atoms with Gasteiger partial charge >= 0.3 is 0 Å². The molecule has 0 aliphatic rings. The van der Waals surface area contributed by atoms with E-state index in [1.54, 1.807) is 0 Å². The highest BCUT2D eigenvalue weighted by Crippen LogP contribution is 2.21. The van der Waals surface area contributed by atoms with Gasteiger partial charge in [-0.15, -0.1) is 0 Å². The Kier molecular flexibility index (Phi) is 5.36. The third-order valence-corrected chi connectivity index (χ3v) is 3.17. The lowest BCUT2D eigenvalue weighted by atomic mass is 10.0. The maximum Gasteiger partial charge on any atom is 0.196 e. The van der Waals surface area contributed by atoms with Crippen LogP contribution in [0.3, 0.4) is 0 Å². The van der Waals surface area contributed by atoms with Crippen molar-refractivity contribution < 1.29 is 9.53 Å². The molecule has 2 aromatic carbocycles. The summed E-state index contributed by atoms with van der Waals surface area (Å²) in [5, 5.41) is 0. The molecule has 2 nitrogen and oxygen atoms in total. The van der Waals surface area contributed by atoms with E-state index in [1.165, 1.54) is 0 Å². The van der Waals surface area contributed by atoms with Gasteiger partial charge in [-0.3, -0.25) is 4.79 Å². The van der Waals surface area contributed by atoms with Crippen molar-refractivity contribution in [3.8, 4) is 5.75 Å². The molecule has 0 amide bonds. The molecule has 0 saturated heterocycles. The van der Waals surface area contributed by atoms with Crippen molar-refractivity contribution in [2.75, 3.05) is 6.61 Å². The van der Waals surface area contributed by atoms with Gasteiger partial charge in [-0.2, -0.15) is 0 Å². The molecule has 2 aromatic rings. The van der Waals surface area contributed by atoms with E-state index in [4.69, 9.17) is 4.74 Å². The highest BCUT2D eigenvalue weighted by atomic mass is 16.5. The molecular weight excluding hydrogens is 248 g/mol. The minimum Gasteiger partial charge on any atom is -0.493 e. The predicted molar refractivity (Wildman–Crippen MR) is 81.3 cm³/mol. The third kappa shape index (κ3) is 3.70. The first kappa shape index (κ1) is 14.3. The van der Waals surface area contributed by atoms with Crippen LogP contribution in [0.15, 0.2) is 54.6 Å². The Bertz CT molecular complexity index is 546. The zero-order valence-electron chi connectivity index (χ0n) is 11.8. The number of hydrogen-bond acceptors (Lipinski definition) is 2. The summed E-state index contributed by atoms with van der Waals surface area (Å²) < 4.78 is 5.76. The van der Waals surface area contributed by atoms with Crippen LogP contribution in [0.25, 0.3) is 0 Å². The summed E-state index contributed by atoms with van der Waals surface area (Å²) in [5.74, 6) is 0.689. The van der Waals surface area contributed by atoms with Crippen LogP contribution in [-0.2, 0) is 0 Å². The Morgan fingerprint density at radius 2 is 1.65 bits per heavy atom. The van der Waals surface area contributed by atoms with E-state index in [-0.39, 0.29) is 5.78 Å². The van der Waals surface area contributed by atoms with Gasteiger partial charge in [0.1, 0.15) is 5.75 Å². The SMILES string of the molecule is CCCCCOc1ccccc1C(=O)c1ccccc1. The first-order chi connectivity index (χ1) is 9.83. The highest BCUT2D eigenvalue weighted by Gasteiger charge is 2.13. The molecule has 0 spiro atoms. The number of rotatable bonds is 7. The summed E-state index contributed by atoms with van der Waals surface area (Å²) in [6, 6.07) is 16.8. The summed E-state index contributed by atoms with van der Waals surface area (Å²) in [6.07, 6.45) is 3.33. The standard InChI is InChI=1S/C18H20O2/c1-2-3-9-14-20-17-13-8-7-12-16(17)18(19)15-10-5-4-6-11-15/h4-8,10-13H,2-3,9,14H2,1H3. The number of benzene rings is 2.